The van der Waals surface area contributed by atoms with Gasteiger partial charge in [0.2, 0.25) is 0 Å². The van der Waals surface area contributed by atoms with Crippen molar-refractivity contribution in [3.05, 3.63) is 52.0 Å². The molecule has 1 unspecified atom stereocenters. The van der Waals surface area contributed by atoms with Crippen LogP contribution in [0.1, 0.15) is 29.2 Å². The zero-order chi connectivity index (χ0) is 12.1. The van der Waals surface area contributed by atoms with Gasteiger partial charge in [0.1, 0.15) is 0 Å². The number of thiazole rings is 1. The molecule has 0 amide bonds. The van der Waals surface area contributed by atoms with E-state index in [4.69, 9.17) is 0 Å². The first-order valence-corrected chi connectivity index (χ1v) is 6.87. The predicted molar refractivity (Wildman–Crippen MR) is 73.4 cm³/mol. The lowest BCUT2D eigenvalue weighted by atomic mass is 10.0. The van der Waals surface area contributed by atoms with E-state index in [0.717, 1.165) is 18.0 Å². The Bertz CT molecular complexity index is 450. The van der Waals surface area contributed by atoms with Gasteiger partial charge >= 0.3 is 0 Å². The topological polar surface area (TPSA) is 24.9 Å². The highest BCUT2D eigenvalue weighted by molar-refractivity contribution is 7.09. The maximum absolute atomic E-state index is 4.58. The smallest absolute Gasteiger partial charge is 0.0898 e. The fourth-order valence-corrected chi connectivity index (χ4v) is 2.58. The van der Waals surface area contributed by atoms with Gasteiger partial charge in [0.15, 0.2) is 0 Å². The summed E-state index contributed by atoms with van der Waals surface area (Å²) in [6.07, 6.45) is 0.998. The molecule has 0 aliphatic carbocycles. The summed E-state index contributed by atoms with van der Waals surface area (Å²) in [5.74, 6) is 0. The SMILES string of the molecule is CCNC(Cc1ccccc1)c1csc(C)n1. The minimum Gasteiger partial charge on any atom is -0.309 e. The molecule has 0 aliphatic heterocycles. The summed E-state index contributed by atoms with van der Waals surface area (Å²) in [7, 11) is 0. The van der Waals surface area contributed by atoms with E-state index in [1.807, 2.05) is 0 Å². The van der Waals surface area contributed by atoms with Gasteiger partial charge in [-0.1, -0.05) is 37.3 Å². The number of nitrogens with one attached hydrogen (secondary N) is 1. The van der Waals surface area contributed by atoms with Gasteiger partial charge < -0.3 is 5.32 Å². The third kappa shape index (κ3) is 3.38. The Labute approximate surface area is 107 Å². The van der Waals surface area contributed by atoms with Crippen molar-refractivity contribution >= 4 is 11.3 Å². The van der Waals surface area contributed by atoms with E-state index in [0.29, 0.717) is 6.04 Å². The molecule has 1 aromatic heterocycles. The first kappa shape index (κ1) is 12.3. The maximum Gasteiger partial charge on any atom is 0.0898 e. The molecule has 2 aromatic rings. The van der Waals surface area contributed by atoms with Gasteiger partial charge in [-0.3, -0.25) is 0 Å². The maximum atomic E-state index is 4.58. The summed E-state index contributed by atoms with van der Waals surface area (Å²) in [6.45, 7) is 5.16. The number of aryl methyl sites for hydroxylation is 1. The van der Waals surface area contributed by atoms with Crippen LogP contribution < -0.4 is 5.32 Å². The number of aromatic nitrogens is 1. The molecule has 0 bridgehead atoms. The van der Waals surface area contributed by atoms with Crippen molar-refractivity contribution in [3.8, 4) is 0 Å². The molecule has 0 radical (unpaired) electrons. The lowest BCUT2D eigenvalue weighted by Gasteiger charge is -2.15. The molecule has 2 nitrogen and oxygen atoms in total. The largest absolute Gasteiger partial charge is 0.309 e. The molecular weight excluding hydrogens is 228 g/mol. The molecule has 1 atom stereocenters. The Morgan fingerprint density at radius 2 is 2.06 bits per heavy atom. The highest BCUT2D eigenvalue weighted by Crippen LogP contribution is 2.20. The molecule has 17 heavy (non-hydrogen) atoms. The normalized spacial score (nSPS) is 12.6. The fourth-order valence-electron chi connectivity index (χ4n) is 1.92. The van der Waals surface area contributed by atoms with E-state index in [1.165, 1.54) is 11.3 Å². The molecule has 1 N–H and O–H groups in total. The van der Waals surface area contributed by atoms with Crippen molar-refractivity contribution in [1.29, 1.82) is 0 Å². The van der Waals surface area contributed by atoms with Gasteiger partial charge in [-0.25, -0.2) is 4.98 Å². The van der Waals surface area contributed by atoms with E-state index < -0.39 is 0 Å². The Morgan fingerprint density at radius 3 is 2.65 bits per heavy atom. The Hall–Kier alpha value is -1.19. The van der Waals surface area contributed by atoms with Crippen LogP contribution in [0, 0.1) is 6.92 Å². The number of nitrogens with zero attached hydrogens (tertiary/aromatic N) is 1. The first-order valence-electron chi connectivity index (χ1n) is 5.99. The number of hydrogen-bond acceptors (Lipinski definition) is 3. The third-order valence-electron chi connectivity index (χ3n) is 2.73. The van der Waals surface area contributed by atoms with Crippen LogP contribution in [0.2, 0.25) is 0 Å². The highest BCUT2D eigenvalue weighted by Gasteiger charge is 2.13. The van der Waals surface area contributed by atoms with Crippen LogP contribution >= 0.6 is 11.3 Å². The summed E-state index contributed by atoms with van der Waals surface area (Å²) in [4.78, 5) is 4.58. The predicted octanol–water partition coefficient (Wildman–Crippen LogP) is 3.34. The van der Waals surface area contributed by atoms with Crippen LogP contribution in [0.3, 0.4) is 0 Å². The minimum absolute atomic E-state index is 0.326. The molecule has 3 heteroatoms. The third-order valence-corrected chi connectivity index (χ3v) is 3.52. The van der Waals surface area contributed by atoms with E-state index >= 15 is 0 Å². The van der Waals surface area contributed by atoms with Crippen molar-refractivity contribution in [2.24, 2.45) is 0 Å². The fraction of sp³-hybridized carbons (Fsp3) is 0.357. The summed E-state index contributed by atoms with van der Waals surface area (Å²) < 4.78 is 0. The van der Waals surface area contributed by atoms with Gasteiger partial charge in [-0.15, -0.1) is 11.3 Å². The molecule has 2 rings (SSSR count). The Balaban J connectivity index is 2.13. The van der Waals surface area contributed by atoms with Gasteiger partial charge in [-0.05, 0) is 25.5 Å². The first-order chi connectivity index (χ1) is 8.29. The second-order valence-electron chi connectivity index (χ2n) is 4.09. The molecule has 1 heterocycles. The van der Waals surface area contributed by atoms with Crippen LogP contribution in [0.15, 0.2) is 35.7 Å². The zero-order valence-electron chi connectivity index (χ0n) is 10.3. The van der Waals surface area contributed by atoms with Gasteiger partial charge in [-0.2, -0.15) is 0 Å². The van der Waals surface area contributed by atoms with Crippen molar-refractivity contribution in [1.82, 2.24) is 10.3 Å². The summed E-state index contributed by atoms with van der Waals surface area (Å²) in [6, 6.07) is 10.9. The molecular formula is C14H18N2S. The van der Waals surface area contributed by atoms with Crippen LogP contribution in [-0.4, -0.2) is 11.5 Å². The van der Waals surface area contributed by atoms with Crippen LogP contribution in [-0.2, 0) is 6.42 Å². The molecule has 90 valence electrons. The van der Waals surface area contributed by atoms with Gasteiger partial charge in [0, 0.05) is 5.38 Å². The molecule has 0 saturated carbocycles. The lowest BCUT2D eigenvalue weighted by Crippen LogP contribution is -2.23. The second kappa shape index (κ2) is 5.94. The van der Waals surface area contributed by atoms with Crippen LogP contribution in [0.25, 0.3) is 0 Å². The molecule has 0 aliphatic rings. The molecule has 0 fully saturated rings. The quantitative estimate of drug-likeness (QED) is 0.875. The average Bonchev–Trinajstić information content (AvgIpc) is 2.77. The van der Waals surface area contributed by atoms with Gasteiger partial charge in [0.05, 0.1) is 16.7 Å². The molecule has 1 aromatic carbocycles. The second-order valence-corrected chi connectivity index (χ2v) is 5.15. The lowest BCUT2D eigenvalue weighted by molar-refractivity contribution is 0.538. The standard InChI is InChI=1S/C14H18N2S/c1-3-15-13(14-10-17-11(2)16-14)9-12-7-5-4-6-8-12/h4-8,10,13,15H,3,9H2,1-2H3. The number of hydrogen-bond donors (Lipinski definition) is 1. The van der Waals surface area contributed by atoms with Crippen LogP contribution in [0.5, 0.6) is 0 Å². The Kier molecular flexibility index (Phi) is 4.29. The average molecular weight is 246 g/mol. The van der Waals surface area contributed by atoms with Crippen molar-refractivity contribution in [2.75, 3.05) is 6.54 Å². The van der Waals surface area contributed by atoms with Crippen molar-refractivity contribution in [3.63, 3.8) is 0 Å². The monoisotopic (exact) mass is 246 g/mol. The summed E-state index contributed by atoms with van der Waals surface area (Å²) in [5, 5.41) is 6.80. The van der Waals surface area contributed by atoms with E-state index in [-0.39, 0.29) is 0 Å². The summed E-state index contributed by atoms with van der Waals surface area (Å²) >= 11 is 1.72. The zero-order valence-corrected chi connectivity index (χ0v) is 11.1. The Morgan fingerprint density at radius 1 is 1.29 bits per heavy atom. The molecule has 0 spiro atoms. The molecule has 0 saturated heterocycles. The van der Waals surface area contributed by atoms with Crippen molar-refractivity contribution < 1.29 is 0 Å². The van der Waals surface area contributed by atoms with Crippen LogP contribution in [0.4, 0.5) is 0 Å². The number of rotatable bonds is 5. The van der Waals surface area contributed by atoms with E-state index in [1.54, 1.807) is 11.3 Å². The number of benzene rings is 1. The summed E-state index contributed by atoms with van der Waals surface area (Å²) in [5.41, 5.74) is 2.52. The van der Waals surface area contributed by atoms with E-state index in [9.17, 15) is 0 Å². The minimum atomic E-state index is 0.326. The van der Waals surface area contributed by atoms with Gasteiger partial charge in [0.25, 0.3) is 0 Å². The number of likely N-dealkylation sites (N-methyl/N-ethyl adjacent to an activating group) is 1. The van der Waals surface area contributed by atoms with E-state index in [2.05, 4.69) is 59.9 Å². The highest BCUT2D eigenvalue weighted by atomic mass is 32.1. The van der Waals surface area contributed by atoms with Crippen molar-refractivity contribution in [2.45, 2.75) is 26.3 Å².